The van der Waals surface area contributed by atoms with Gasteiger partial charge in [-0.15, -0.1) is 0 Å². The van der Waals surface area contributed by atoms with Crippen molar-refractivity contribution >= 4 is 40.0 Å². The molecule has 118 valence electrons. The molecule has 0 saturated carbocycles. The zero-order chi connectivity index (χ0) is 15.7. The number of carbonyl (C=O) groups is 1. The summed E-state index contributed by atoms with van der Waals surface area (Å²) in [4.78, 5) is 16.5. The number of hydrogen-bond acceptors (Lipinski definition) is 4. The number of carbonyl (C=O) groups excluding carboxylic acids is 1. The Labute approximate surface area is 138 Å². The highest BCUT2D eigenvalue weighted by Gasteiger charge is 2.25. The number of benzene rings is 1. The number of aliphatic hydroxyl groups is 1. The summed E-state index contributed by atoms with van der Waals surface area (Å²) < 4.78 is 1.76. The van der Waals surface area contributed by atoms with Crippen LogP contribution in [0, 0.1) is 0 Å². The summed E-state index contributed by atoms with van der Waals surface area (Å²) in [5, 5.41) is 14.0. The maximum atomic E-state index is 12.3. The van der Waals surface area contributed by atoms with Crippen LogP contribution in [0.3, 0.4) is 0 Å². The number of aromatic nitrogens is 2. The highest BCUT2D eigenvalue weighted by Crippen LogP contribution is 2.29. The average molecular weight is 342 g/mol. The zero-order valence-electron chi connectivity index (χ0n) is 11.9. The standard InChI is InChI=1S/C15H17Cl2N3O2/c16-10-3-4-12-15(14(10)17)19-8-20(12)7-9(21)6-11-13(22)2-1-5-18-11/h3-4,8,11,13,18,22H,1-2,5-7H2/t11-,13+/m1/s1. The Morgan fingerprint density at radius 3 is 3.05 bits per heavy atom. The van der Waals surface area contributed by atoms with Crippen LogP contribution < -0.4 is 5.32 Å². The first-order valence-electron chi connectivity index (χ1n) is 7.28. The summed E-state index contributed by atoms with van der Waals surface area (Å²) in [6.07, 6.45) is 3.13. The monoisotopic (exact) mass is 341 g/mol. The molecule has 22 heavy (non-hydrogen) atoms. The second kappa shape index (κ2) is 6.54. The molecule has 2 aromatic rings. The van der Waals surface area contributed by atoms with Gasteiger partial charge in [-0.25, -0.2) is 4.98 Å². The van der Waals surface area contributed by atoms with E-state index in [4.69, 9.17) is 23.2 Å². The number of nitrogens with one attached hydrogen (secondary N) is 1. The number of halogens is 2. The van der Waals surface area contributed by atoms with E-state index in [0.29, 0.717) is 22.0 Å². The summed E-state index contributed by atoms with van der Waals surface area (Å²) in [6, 6.07) is 3.34. The van der Waals surface area contributed by atoms with Crippen LogP contribution in [0.15, 0.2) is 18.5 Å². The molecule has 1 saturated heterocycles. The average Bonchev–Trinajstić information content (AvgIpc) is 2.89. The van der Waals surface area contributed by atoms with Crippen molar-refractivity contribution in [1.29, 1.82) is 0 Å². The Bertz CT molecular complexity index is 701. The third-order valence-corrected chi connectivity index (χ3v) is 4.82. The lowest BCUT2D eigenvalue weighted by Gasteiger charge is -2.28. The van der Waals surface area contributed by atoms with E-state index in [9.17, 15) is 9.90 Å². The van der Waals surface area contributed by atoms with Crippen LogP contribution in [0.1, 0.15) is 19.3 Å². The Kier molecular flexibility index (Phi) is 4.68. The van der Waals surface area contributed by atoms with Gasteiger partial charge in [0.15, 0.2) is 5.78 Å². The van der Waals surface area contributed by atoms with Crippen molar-refractivity contribution in [2.75, 3.05) is 6.54 Å². The van der Waals surface area contributed by atoms with Gasteiger partial charge in [-0.3, -0.25) is 4.79 Å². The number of nitrogens with zero attached hydrogens (tertiary/aromatic N) is 2. The largest absolute Gasteiger partial charge is 0.391 e. The van der Waals surface area contributed by atoms with E-state index < -0.39 is 6.10 Å². The number of fused-ring (bicyclic) bond motifs is 1. The highest BCUT2D eigenvalue weighted by molar-refractivity contribution is 6.44. The van der Waals surface area contributed by atoms with Gasteiger partial charge in [0, 0.05) is 12.5 Å². The summed E-state index contributed by atoms with van der Waals surface area (Å²) in [6.45, 7) is 1.05. The second-order valence-electron chi connectivity index (χ2n) is 5.61. The third kappa shape index (κ3) is 3.13. The Hall–Kier alpha value is -1.14. The molecule has 2 N–H and O–H groups in total. The van der Waals surface area contributed by atoms with Crippen molar-refractivity contribution < 1.29 is 9.90 Å². The molecule has 0 unspecified atom stereocenters. The van der Waals surface area contributed by atoms with Crippen LogP contribution in [-0.4, -0.2) is 39.1 Å². The third-order valence-electron chi connectivity index (χ3n) is 4.03. The van der Waals surface area contributed by atoms with Gasteiger partial charge in [0.25, 0.3) is 0 Å². The topological polar surface area (TPSA) is 67.2 Å². The second-order valence-corrected chi connectivity index (χ2v) is 6.40. The van der Waals surface area contributed by atoms with Crippen molar-refractivity contribution in [1.82, 2.24) is 14.9 Å². The van der Waals surface area contributed by atoms with Gasteiger partial charge in [0.1, 0.15) is 5.52 Å². The van der Waals surface area contributed by atoms with Crippen LogP contribution in [0.2, 0.25) is 10.0 Å². The molecule has 0 aliphatic carbocycles. The normalized spacial score (nSPS) is 22.1. The molecule has 1 fully saturated rings. The van der Waals surface area contributed by atoms with E-state index in [1.165, 1.54) is 0 Å². The van der Waals surface area contributed by atoms with E-state index in [1.54, 1.807) is 23.0 Å². The molecule has 0 amide bonds. The molecular weight excluding hydrogens is 325 g/mol. The molecule has 1 aromatic carbocycles. The number of ketones is 1. The lowest BCUT2D eigenvalue weighted by Crippen LogP contribution is -2.46. The van der Waals surface area contributed by atoms with Crippen molar-refractivity contribution in [2.45, 2.75) is 38.0 Å². The lowest BCUT2D eigenvalue weighted by atomic mass is 9.97. The van der Waals surface area contributed by atoms with Gasteiger partial charge in [-0.2, -0.15) is 0 Å². The molecule has 0 radical (unpaired) electrons. The Balaban J connectivity index is 1.73. The molecule has 1 aliphatic heterocycles. The molecule has 1 aliphatic rings. The minimum absolute atomic E-state index is 0.0452. The summed E-state index contributed by atoms with van der Waals surface area (Å²) in [5.74, 6) is 0.0452. The number of rotatable bonds is 4. The summed E-state index contributed by atoms with van der Waals surface area (Å²) in [7, 11) is 0. The SMILES string of the molecule is O=C(C[C@H]1NCCC[C@@H]1O)Cn1cnc2c(Cl)c(Cl)ccc21. The van der Waals surface area contributed by atoms with Gasteiger partial charge < -0.3 is 15.0 Å². The van der Waals surface area contributed by atoms with Gasteiger partial charge in [-0.05, 0) is 31.5 Å². The van der Waals surface area contributed by atoms with E-state index in [0.717, 1.165) is 24.9 Å². The van der Waals surface area contributed by atoms with Gasteiger partial charge in [-0.1, -0.05) is 23.2 Å². The molecule has 3 rings (SSSR count). The number of imidazole rings is 1. The number of aliphatic hydroxyl groups excluding tert-OH is 1. The van der Waals surface area contributed by atoms with Crippen LogP contribution in [-0.2, 0) is 11.3 Å². The lowest BCUT2D eigenvalue weighted by molar-refractivity contribution is -0.121. The maximum absolute atomic E-state index is 12.3. The van der Waals surface area contributed by atoms with Crippen molar-refractivity contribution in [3.63, 3.8) is 0 Å². The predicted octanol–water partition coefficient (Wildman–Crippen LogP) is 2.42. The van der Waals surface area contributed by atoms with Gasteiger partial charge in [0.2, 0.25) is 0 Å². The van der Waals surface area contributed by atoms with Crippen molar-refractivity contribution in [3.05, 3.63) is 28.5 Å². The number of hydrogen-bond donors (Lipinski definition) is 2. The summed E-state index contributed by atoms with van der Waals surface area (Å²) >= 11 is 12.1. The number of Topliss-reactive ketones (excluding diaryl/α,β-unsaturated/α-hetero) is 1. The molecule has 0 spiro atoms. The van der Waals surface area contributed by atoms with E-state index in [-0.39, 0.29) is 18.4 Å². The van der Waals surface area contributed by atoms with Gasteiger partial charge in [0.05, 0.1) is 34.5 Å². The first-order chi connectivity index (χ1) is 10.6. The van der Waals surface area contributed by atoms with Crippen molar-refractivity contribution in [2.24, 2.45) is 0 Å². The van der Waals surface area contributed by atoms with E-state index in [1.807, 2.05) is 0 Å². The molecule has 0 bridgehead atoms. The predicted molar refractivity (Wildman–Crippen MR) is 86.4 cm³/mol. The summed E-state index contributed by atoms with van der Waals surface area (Å²) in [5.41, 5.74) is 1.37. The molecule has 2 heterocycles. The smallest absolute Gasteiger partial charge is 0.154 e. The van der Waals surface area contributed by atoms with Crippen LogP contribution in [0.5, 0.6) is 0 Å². The highest BCUT2D eigenvalue weighted by atomic mass is 35.5. The minimum Gasteiger partial charge on any atom is -0.391 e. The minimum atomic E-state index is -0.453. The quantitative estimate of drug-likeness (QED) is 0.896. The Morgan fingerprint density at radius 2 is 2.27 bits per heavy atom. The first kappa shape index (κ1) is 15.7. The van der Waals surface area contributed by atoms with E-state index >= 15 is 0 Å². The fourth-order valence-corrected chi connectivity index (χ4v) is 3.20. The fraction of sp³-hybridized carbons (Fsp3) is 0.467. The van der Waals surface area contributed by atoms with Crippen molar-refractivity contribution in [3.8, 4) is 0 Å². The zero-order valence-corrected chi connectivity index (χ0v) is 13.4. The molecule has 2 atom stereocenters. The van der Waals surface area contributed by atoms with Crippen LogP contribution >= 0.6 is 23.2 Å². The van der Waals surface area contributed by atoms with Crippen LogP contribution in [0.4, 0.5) is 0 Å². The van der Waals surface area contributed by atoms with Gasteiger partial charge >= 0.3 is 0 Å². The molecule has 5 nitrogen and oxygen atoms in total. The molecule has 7 heteroatoms. The maximum Gasteiger partial charge on any atom is 0.154 e. The fourth-order valence-electron chi connectivity index (χ4n) is 2.84. The Morgan fingerprint density at radius 1 is 1.45 bits per heavy atom. The number of piperidine rings is 1. The molecule has 1 aromatic heterocycles. The van der Waals surface area contributed by atoms with E-state index in [2.05, 4.69) is 10.3 Å². The van der Waals surface area contributed by atoms with Crippen LogP contribution in [0.25, 0.3) is 11.0 Å². The first-order valence-corrected chi connectivity index (χ1v) is 8.04. The molecular formula is C15H17Cl2N3O2.